The van der Waals surface area contributed by atoms with Gasteiger partial charge in [0.2, 0.25) is 5.91 Å². The largest absolute Gasteiger partial charge is 1.00 e. The number of carbonyl (C=O) groups excluding carboxylic acids is 3. The number of carboxylic acids is 1. The Hall–Kier alpha value is -2.58. The molecule has 2 amide bonds. The third kappa shape index (κ3) is 4.53. The van der Waals surface area contributed by atoms with Gasteiger partial charge in [0.05, 0.1) is 24.4 Å². The van der Waals surface area contributed by atoms with Gasteiger partial charge in [-0.05, 0) is 5.56 Å². The number of benzene rings is 1. The van der Waals surface area contributed by atoms with Crippen LogP contribution in [0.5, 0.6) is 0 Å². The molecular weight excluding hydrogens is 489 g/mol. The molecule has 1 aromatic carbocycles. The molecule has 168 valence electrons. The van der Waals surface area contributed by atoms with Crippen LogP contribution in [-0.4, -0.2) is 59.8 Å². The molecule has 4 heterocycles. The predicted molar refractivity (Wildman–Crippen MR) is 119 cm³/mol. The molecule has 0 spiro atoms. The second-order valence-electron chi connectivity index (χ2n) is 7.27. The number of fused-ring (bicyclic) bond motifs is 2. The van der Waals surface area contributed by atoms with Crippen LogP contribution in [0.4, 0.5) is 5.82 Å². The number of hydrogen-bond donors (Lipinski definition) is 3. The van der Waals surface area contributed by atoms with Gasteiger partial charge in [-0.25, -0.2) is 15.0 Å². The molecule has 1 unspecified atom stereocenters. The molecule has 14 heteroatoms. The number of nitrogen functional groups attached to an aromatic ring is 1. The molecule has 34 heavy (non-hydrogen) atoms. The number of nitrogens with two attached hydrogens (primary N) is 1. The summed E-state index contributed by atoms with van der Waals surface area (Å²) in [4.78, 5) is 54.0. The summed E-state index contributed by atoms with van der Waals surface area (Å²) in [5.41, 5.74) is 7.32. The fourth-order valence-corrected chi connectivity index (χ4v) is 6.06. The molecular formula is C20H16N7NaO4S2. The van der Waals surface area contributed by atoms with Gasteiger partial charge < -0.3 is 25.9 Å². The molecule has 0 bridgehead atoms. The van der Waals surface area contributed by atoms with E-state index in [4.69, 9.17) is 5.73 Å². The van der Waals surface area contributed by atoms with E-state index in [9.17, 15) is 19.5 Å². The number of aromatic amines is 1. The maximum atomic E-state index is 12.8. The second-order valence-corrected chi connectivity index (χ2v) is 9.44. The third-order valence-corrected chi connectivity index (χ3v) is 7.57. The number of imidazole rings is 1. The van der Waals surface area contributed by atoms with E-state index in [0.717, 1.165) is 22.2 Å². The smallest absolute Gasteiger partial charge is 0.543 e. The minimum absolute atomic E-state index is 0. The molecule has 2 aliphatic heterocycles. The maximum Gasteiger partial charge on any atom is 1.00 e. The van der Waals surface area contributed by atoms with E-state index in [-0.39, 0.29) is 64.3 Å². The van der Waals surface area contributed by atoms with E-state index in [0.29, 0.717) is 16.1 Å². The number of rotatable bonds is 6. The minimum Gasteiger partial charge on any atom is -0.543 e. The first-order valence-electron chi connectivity index (χ1n) is 9.79. The van der Waals surface area contributed by atoms with E-state index in [2.05, 4.69) is 25.3 Å². The summed E-state index contributed by atoms with van der Waals surface area (Å²) in [6.45, 7) is 0. The van der Waals surface area contributed by atoms with Gasteiger partial charge in [-0.15, -0.1) is 11.8 Å². The number of anilines is 1. The standard InChI is InChI=1S/C20H17N7O4S2.Na/c21-15-12-16(23-8-22-12)26-20(25-15)33-10-7-32-18-13(17(29)27(18)14(10)19(30)31)24-11(28)6-9-4-2-1-3-5-9;/h1-5,8,13,18H,6-7H2,(H,24,28)(H,30,31)(H3,21,22,23,25,26);/q;+1/p-1/t13?,18-;/m1./s1. The zero-order chi connectivity index (χ0) is 23.1. The summed E-state index contributed by atoms with van der Waals surface area (Å²) >= 11 is 2.34. The van der Waals surface area contributed by atoms with Crippen molar-refractivity contribution in [2.45, 2.75) is 23.0 Å². The van der Waals surface area contributed by atoms with Crippen molar-refractivity contribution in [3.8, 4) is 0 Å². The zero-order valence-corrected chi connectivity index (χ0v) is 21.5. The SMILES string of the molecule is Nc1nc(SC2=C(C(=O)[O-])N3C(=O)C(NC(=O)Cc4ccccc4)[C@H]3SC2)nc2nc[nH]c12.[Na+]. The average Bonchev–Trinajstić information content (AvgIpc) is 3.27. The van der Waals surface area contributed by atoms with E-state index in [1.54, 1.807) is 0 Å². The van der Waals surface area contributed by atoms with Gasteiger partial charge in [-0.2, -0.15) is 0 Å². The normalized spacial score (nSPS) is 19.3. The Morgan fingerprint density at radius 2 is 2.06 bits per heavy atom. The van der Waals surface area contributed by atoms with Crippen LogP contribution >= 0.6 is 23.5 Å². The quantitative estimate of drug-likeness (QED) is 0.175. The summed E-state index contributed by atoms with van der Waals surface area (Å²) < 4.78 is 0. The number of aliphatic carboxylic acids is 1. The Labute approximate surface area is 223 Å². The molecule has 5 rings (SSSR count). The van der Waals surface area contributed by atoms with Crippen LogP contribution in [0.25, 0.3) is 11.2 Å². The van der Waals surface area contributed by atoms with E-state index in [1.165, 1.54) is 18.1 Å². The number of hydrogen-bond acceptors (Lipinski definition) is 10. The van der Waals surface area contributed by atoms with Crippen molar-refractivity contribution >= 4 is 58.3 Å². The minimum atomic E-state index is -1.49. The Balaban J connectivity index is 0.00000274. The predicted octanol–water partition coefficient (Wildman–Crippen LogP) is -3.36. The van der Waals surface area contributed by atoms with Crippen LogP contribution in [-0.2, 0) is 20.8 Å². The maximum absolute atomic E-state index is 12.8. The van der Waals surface area contributed by atoms with Gasteiger partial charge in [0.25, 0.3) is 5.91 Å². The Morgan fingerprint density at radius 3 is 2.79 bits per heavy atom. The van der Waals surface area contributed by atoms with E-state index >= 15 is 0 Å². The molecule has 0 radical (unpaired) electrons. The van der Waals surface area contributed by atoms with Crippen LogP contribution < -0.4 is 45.7 Å². The van der Waals surface area contributed by atoms with Gasteiger partial charge in [0, 0.05) is 10.7 Å². The summed E-state index contributed by atoms with van der Waals surface area (Å²) in [7, 11) is 0. The van der Waals surface area contributed by atoms with Crippen molar-refractivity contribution in [2.75, 3.05) is 11.5 Å². The molecule has 3 aromatic rings. The molecule has 2 atom stereocenters. The number of carbonyl (C=O) groups is 3. The van der Waals surface area contributed by atoms with Crippen LogP contribution in [0.2, 0.25) is 0 Å². The second kappa shape index (κ2) is 9.96. The molecule has 4 N–H and O–H groups in total. The van der Waals surface area contributed by atoms with Crippen molar-refractivity contribution in [1.29, 1.82) is 0 Å². The number of H-pyrrole nitrogens is 1. The van der Waals surface area contributed by atoms with Crippen LogP contribution in [0.3, 0.4) is 0 Å². The van der Waals surface area contributed by atoms with Gasteiger partial charge in [-0.3, -0.25) is 14.5 Å². The summed E-state index contributed by atoms with van der Waals surface area (Å²) in [6.07, 6.45) is 1.56. The van der Waals surface area contributed by atoms with Crippen LogP contribution in [0.1, 0.15) is 5.56 Å². The van der Waals surface area contributed by atoms with Gasteiger partial charge in [-0.1, -0.05) is 42.1 Å². The van der Waals surface area contributed by atoms with Gasteiger partial charge >= 0.3 is 29.6 Å². The molecule has 2 aromatic heterocycles. The molecule has 2 aliphatic rings. The number of β-lactam (4-membered cyclic amide) rings is 1. The fraction of sp³-hybridized carbons (Fsp3) is 0.200. The number of nitrogens with zero attached hydrogens (tertiary/aromatic N) is 4. The third-order valence-electron chi connectivity index (χ3n) is 5.16. The van der Waals surface area contributed by atoms with Gasteiger partial charge in [0.1, 0.15) is 16.9 Å². The first-order chi connectivity index (χ1) is 15.9. The molecule has 0 saturated carbocycles. The first-order valence-corrected chi connectivity index (χ1v) is 11.7. The summed E-state index contributed by atoms with van der Waals surface area (Å²) in [5, 5.41) is 14.3. The average molecular weight is 506 g/mol. The van der Waals surface area contributed by atoms with E-state index in [1.807, 2.05) is 30.3 Å². The van der Waals surface area contributed by atoms with Crippen LogP contribution in [0, 0.1) is 0 Å². The van der Waals surface area contributed by atoms with Crippen molar-refractivity contribution in [2.24, 2.45) is 0 Å². The number of aromatic nitrogens is 4. The number of thioether (sulfide) groups is 2. The van der Waals surface area contributed by atoms with Gasteiger partial charge in [0.15, 0.2) is 16.6 Å². The zero-order valence-electron chi connectivity index (χ0n) is 17.8. The molecule has 1 saturated heterocycles. The Bertz CT molecular complexity index is 1320. The van der Waals surface area contributed by atoms with Crippen LogP contribution in [0.15, 0.2) is 52.4 Å². The van der Waals surface area contributed by atoms with E-state index < -0.39 is 23.3 Å². The topological polar surface area (TPSA) is 170 Å². The Morgan fingerprint density at radius 1 is 1.29 bits per heavy atom. The van der Waals surface area contributed by atoms with Crippen molar-refractivity contribution < 1.29 is 49.0 Å². The molecule has 1 fully saturated rings. The van der Waals surface area contributed by atoms with Crippen molar-refractivity contribution in [3.63, 3.8) is 0 Å². The molecule has 0 aliphatic carbocycles. The Kier molecular flexibility index (Phi) is 7.19. The number of amides is 2. The number of carboxylic acid groups (broad SMARTS) is 1. The fourth-order valence-electron chi connectivity index (χ4n) is 3.66. The number of nitrogens with one attached hydrogen (secondary N) is 2. The van der Waals surface area contributed by atoms with Crippen molar-refractivity contribution in [1.82, 2.24) is 30.2 Å². The first kappa shape index (κ1) is 24.5. The summed E-state index contributed by atoms with van der Waals surface area (Å²) in [5.74, 6) is -1.85. The van der Waals surface area contributed by atoms with Crippen molar-refractivity contribution in [3.05, 3.63) is 52.8 Å². The summed E-state index contributed by atoms with van der Waals surface area (Å²) in [6, 6.07) is 8.34. The molecule has 11 nitrogen and oxygen atoms in total. The monoisotopic (exact) mass is 505 g/mol.